The minimum atomic E-state index is -0.559. The zero-order chi connectivity index (χ0) is 47.2. The van der Waals surface area contributed by atoms with Crippen LogP contribution < -0.4 is 19.1 Å². The summed E-state index contributed by atoms with van der Waals surface area (Å²) < 4.78 is 16.2. The zero-order valence-electron chi connectivity index (χ0n) is 37.0. The number of esters is 3. The Balaban J connectivity index is 1.16. The number of carbonyl (C=O) groups excluding carboxylic acids is 3. The number of benzene rings is 8. The van der Waals surface area contributed by atoms with Gasteiger partial charge in [0, 0.05) is 35.3 Å². The molecule has 0 N–H and O–H groups in total. The van der Waals surface area contributed by atoms with Crippen molar-refractivity contribution in [2.24, 2.45) is 0 Å². The van der Waals surface area contributed by atoms with E-state index in [4.69, 9.17) is 14.2 Å². The van der Waals surface area contributed by atoms with Gasteiger partial charge in [0.25, 0.3) is 0 Å². The number of hydrogen-bond acceptors (Lipinski definition) is 7. The highest BCUT2D eigenvalue weighted by Crippen LogP contribution is 2.38. The maximum Gasteiger partial charge on any atom is 0.335 e. The fourth-order valence-corrected chi connectivity index (χ4v) is 7.54. The summed E-state index contributed by atoms with van der Waals surface area (Å²) in [6, 6.07) is 67.7. The highest BCUT2D eigenvalue weighted by Gasteiger charge is 2.15. The number of anilines is 3. The minimum absolute atomic E-state index is 0.374. The molecule has 0 unspecified atom stereocenters. The summed E-state index contributed by atoms with van der Waals surface area (Å²) in [5.41, 5.74) is 12.5. The lowest BCUT2D eigenvalue weighted by Crippen LogP contribution is -2.09. The van der Waals surface area contributed by atoms with Crippen molar-refractivity contribution in [2.75, 3.05) is 4.90 Å². The van der Waals surface area contributed by atoms with E-state index in [1.807, 2.05) is 72.8 Å². The van der Waals surface area contributed by atoms with Crippen molar-refractivity contribution in [2.45, 2.75) is 0 Å². The van der Waals surface area contributed by atoms with Gasteiger partial charge in [0.2, 0.25) is 0 Å². The van der Waals surface area contributed by atoms with E-state index in [9.17, 15) is 14.4 Å². The van der Waals surface area contributed by atoms with Gasteiger partial charge in [-0.2, -0.15) is 0 Å². The van der Waals surface area contributed by atoms with E-state index in [0.29, 0.717) is 17.2 Å². The molecule has 0 atom stereocenters. The van der Waals surface area contributed by atoms with Crippen LogP contribution in [0, 0.1) is 0 Å². The van der Waals surface area contributed by atoms with Crippen LogP contribution in [0.4, 0.5) is 17.1 Å². The third-order valence-electron chi connectivity index (χ3n) is 10.9. The molecule has 0 saturated carbocycles. The van der Waals surface area contributed by atoms with Crippen molar-refractivity contribution in [1.82, 2.24) is 0 Å². The van der Waals surface area contributed by atoms with Gasteiger partial charge in [-0.15, -0.1) is 0 Å². The Kier molecular flexibility index (Phi) is 14.3. The Morgan fingerprint density at radius 1 is 0.353 bits per heavy atom. The lowest BCUT2D eigenvalue weighted by Gasteiger charge is -2.26. The van der Waals surface area contributed by atoms with Crippen molar-refractivity contribution in [3.05, 3.63) is 278 Å². The lowest BCUT2D eigenvalue weighted by molar-refractivity contribution is -0.129. The smallest absolute Gasteiger partial charge is 0.335 e. The van der Waals surface area contributed by atoms with Crippen LogP contribution in [0.1, 0.15) is 33.4 Å². The molecular weight excluding hydrogens is 843 g/mol. The summed E-state index contributed by atoms with van der Waals surface area (Å²) >= 11 is 0. The van der Waals surface area contributed by atoms with Crippen LogP contribution >= 0.6 is 0 Å². The molecule has 0 spiro atoms. The molecule has 0 aromatic heterocycles. The lowest BCUT2D eigenvalue weighted by atomic mass is 9.95. The number of ether oxygens (including phenoxy) is 3. The SMILES string of the molecule is C=CC(=O)Oc1ccc(C(=Cc2ccc(N(c3ccc(C=C(c4ccc(OC(=O)C=C)cc4)c4cccc(OC(=O)C=C)c4)cc3)c3ccc(-c4ccccc4)cc3)cc2)c2ccccc2)cc1. The van der Waals surface area contributed by atoms with Crippen LogP contribution in [0.2, 0.25) is 0 Å². The number of nitrogens with zero attached hydrogens (tertiary/aromatic N) is 1. The second kappa shape index (κ2) is 21.6. The average Bonchev–Trinajstić information content (AvgIpc) is 3.39. The Labute approximate surface area is 396 Å². The van der Waals surface area contributed by atoms with Gasteiger partial charge in [0.1, 0.15) is 17.2 Å². The van der Waals surface area contributed by atoms with E-state index >= 15 is 0 Å². The monoisotopic (exact) mass is 887 g/mol. The molecule has 0 saturated heterocycles. The van der Waals surface area contributed by atoms with Crippen molar-refractivity contribution in [3.63, 3.8) is 0 Å². The molecule has 8 aromatic rings. The van der Waals surface area contributed by atoms with Crippen LogP contribution in [0.5, 0.6) is 17.2 Å². The molecule has 0 heterocycles. The summed E-state index contributed by atoms with van der Waals surface area (Å²) in [4.78, 5) is 38.1. The van der Waals surface area contributed by atoms with E-state index in [1.165, 1.54) is 0 Å². The molecule has 0 radical (unpaired) electrons. The molecule has 0 amide bonds. The molecule has 0 fully saturated rings. The summed E-state index contributed by atoms with van der Waals surface area (Å²) in [7, 11) is 0. The molecule has 330 valence electrons. The van der Waals surface area contributed by atoms with Gasteiger partial charge < -0.3 is 19.1 Å². The van der Waals surface area contributed by atoms with Crippen molar-refractivity contribution < 1.29 is 28.6 Å². The van der Waals surface area contributed by atoms with Crippen LogP contribution in [-0.4, -0.2) is 17.9 Å². The van der Waals surface area contributed by atoms with Gasteiger partial charge in [-0.05, 0) is 141 Å². The van der Waals surface area contributed by atoms with Crippen molar-refractivity contribution in [3.8, 4) is 28.4 Å². The van der Waals surface area contributed by atoms with Crippen molar-refractivity contribution >= 4 is 58.3 Å². The maximum atomic E-state index is 12.1. The summed E-state index contributed by atoms with van der Waals surface area (Å²) in [6.45, 7) is 10.5. The maximum absolute atomic E-state index is 12.1. The van der Waals surface area contributed by atoms with Crippen LogP contribution in [0.15, 0.2) is 244 Å². The van der Waals surface area contributed by atoms with E-state index < -0.39 is 17.9 Å². The quantitative estimate of drug-likeness (QED) is 0.0414. The summed E-state index contributed by atoms with van der Waals surface area (Å²) in [5.74, 6) is -0.424. The van der Waals surface area contributed by atoms with Gasteiger partial charge in [-0.3, -0.25) is 0 Å². The minimum Gasteiger partial charge on any atom is -0.423 e. The second-order valence-corrected chi connectivity index (χ2v) is 15.4. The summed E-state index contributed by atoms with van der Waals surface area (Å²) in [6.07, 6.45) is 7.60. The molecule has 0 bridgehead atoms. The molecule has 0 aliphatic carbocycles. The Hall–Kier alpha value is -9.33. The van der Waals surface area contributed by atoms with Gasteiger partial charge in [-0.25, -0.2) is 14.4 Å². The molecule has 7 heteroatoms. The normalized spacial score (nSPS) is 11.2. The molecular formula is C61H45NO6. The highest BCUT2D eigenvalue weighted by atomic mass is 16.5. The predicted molar refractivity (Wildman–Crippen MR) is 274 cm³/mol. The van der Waals surface area contributed by atoms with Gasteiger partial charge >= 0.3 is 17.9 Å². The number of rotatable bonds is 16. The number of carbonyl (C=O) groups is 3. The molecule has 0 aliphatic heterocycles. The predicted octanol–water partition coefficient (Wildman–Crippen LogP) is 14.3. The largest absolute Gasteiger partial charge is 0.423 e. The zero-order valence-corrected chi connectivity index (χ0v) is 37.0. The van der Waals surface area contributed by atoms with Crippen LogP contribution in [0.25, 0.3) is 34.4 Å². The molecule has 8 aromatic carbocycles. The third kappa shape index (κ3) is 11.3. The highest BCUT2D eigenvalue weighted by molar-refractivity contribution is 5.94. The fraction of sp³-hybridized carbons (Fsp3) is 0. The standard InChI is InChI=1S/C61H45NO6/c1-4-59(63)66-54-36-26-48(27-37-54)57(47-16-11-8-12-17-47)40-43-20-30-51(31-21-43)62(53-34-24-46(25-35-53)45-14-9-7-10-15-45)52-32-22-44(23-33-52)41-58(49-28-38-55(39-29-49)67-60(64)5-2)50-18-13-19-56(42-50)68-61(65)6-3/h4-42H,1-3H2. The molecule has 7 nitrogen and oxygen atoms in total. The van der Waals surface area contributed by atoms with Crippen LogP contribution in [-0.2, 0) is 14.4 Å². The Morgan fingerprint density at radius 2 is 0.721 bits per heavy atom. The van der Waals surface area contributed by atoms with E-state index in [2.05, 4.69) is 134 Å². The first-order chi connectivity index (χ1) is 33.3. The van der Waals surface area contributed by atoms with Gasteiger partial charge in [-0.1, -0.05) is 153 Å². The second-order valence-electron chi connectivity index (χ2n) is 15.4. The number of hydrogen-bond donors (Lipinski definition) is 0. The Morgan fingerprint density at radius 3 is 1.18 bits per heavy atom. The van der Waals surface area contributed by atoms with Gasteiger partial charge in [0.05, 0.1) is 0 Å². The van der Waals surface area contributed by atoms with E-state index in [-0.39, 0.29) is 0 Å². The van der Waals surface area contributed by atoms with Crippen LogP contribution in [0.3, 0.4) is 0 Å². The molecule has 8 rings (SSSR count). The summed E-state index contributed by atoms with van der Waals surface area (Å²) in [5, 5.41) is 0. The first kappa shape index (κ1) is 45.2. The molecule has 0 aliphatic rings. The third-order valence-corrected chi connectivity index (χ3v) is 10.9. The topological polar surface area (TPSA) is 82.1 Å². The van der Waals surface area contributed by atoms with E-state index in [1.54, 1.807) is 36.4 Å². The first-order valence-electron chi connectivity index (χ1n) is 21.8. The fourth-order valence-electron chi connectivity index (χ4n) is 7.54. The first-order valence-corrected chi connectivity index (χ1v) is 21.8. The van der Waals surface area contributed by atoms with Crippen molar-refractivity contribution in [1.29, 1.82) is 0 Å². The Bertz CT molecular complexity index is 3130. The average molecular weight is 888 g/mol. The molecule has 68 heavy (non-hydrogen) atoms. The van der Waals surface area contributed by atoms with E-state index in [0.717, 1.165) is 90.9 Å². The van der Waals surface area contributed by atoms with Gasteiger partial charge in [0.15, 0.2) is 0 Å².